The molecule has 1 aliphatic carbocycles. The summed E-state index contributed by atoms with van der Waals surface area (Å²) in [7, 11) is 1.76. The smallest absolute Gasteiger partial charge is 0.233 e. The lowest BCUT2D eigenvalue weighted by molar-refractivity contribution is -0.133. The second kappa shape index (κ2) is 6.32. The van der Waals surface area contributed by atoms with Crippen molar-refractivity contribution in [3.8, 4) is 6.07 Å². The Balaban J connectivity index is 1.82. The highest BCUT2D eigenvalue weighted by Crippen LogP contribution is 2.36. The van der Waals surface area contributed by atoms with Crippen molar-refractivity contribution in [3.05, 3.63) is 35.4 Å². The lowest BCUT2D eigenvalue weighted by atomic mass is 9.77. The van der Waals surface area contributed by atoms with Crippen LogP contribution in [0.4, 0.5) is 0 Å². The maximum atomic E-state index is 12.2. The highest BCUT2D eigenvalue weighted by Gasteiger charge is 2.43. The molecule has 1 aliphatic rings. The number of carbonyl (C=O) groups is 1. The molecule has 106 valence electrons. The van der Waals surface area contributed by atoms with Crippen molar-refractivity contribution in [1.82, 2.24) is 4.90 Å². The van der Waals surface area contributed by atoms with Gasteiger partial charge >= 0.3 is 0 Å². The summed E-state index contributed by atoms with van der Waals surface area (Å²) in [5.41, 5.74) is 1.95. The van der Waals surface area contributed by atoms with Crippen molar-refractivity contribution >= 4 is 17.7 Å². The van der Waals surface area contributed by atoms with E-state index < -0.39 is 5.54 Å². The second-order valence-corrected chi connectivity index (χ2v) is 6.42. The van der Waals surface area contributed by atoms with Crippen LogP contribution in [0.3, 0.4) is 0 Å². The number of amides is 1. The molecule has 20 heavy (non-hydrogen) atoms. The molecule has 0 atom stereocenters. The van der Waals surface area contributed by atoms with Crippen molar-refractivity contribution in [2.75, 3.05) is 12.8 Å². The van der Waals surface area contributed by atoms with Gasteiger partial charge in [0.05, 0.1) is 11.8 Å². The van der Waals surface area contributed by atoms with Gasteiger partial charge in [0.2, 0.25) is 5.91 Å². The Labute approximate surface area is 125 Å². The van der Waals surface area contributed by atoms with Gasteiger partial charge in [-0.2, -0.15) is 5.26 Å². The van der Waals surface area contributed by atoms with E-state index >= 15 is 0 Å². The van der Waals surface area contributed by atoms with E-state index in [1.54, 1.807) is 23.7 Å². The normalized spacial score (nSPS) is 16.1. The number of carbonyl (C=O) groups excluding carboxylic acids is 1. The first-order chi connectivity index (χ1) is 9.57. The van der Waals surface area contributed by atoms with Crippen LogP contribution in [0.25, 0.3) is 0 Å². The molecule has 1 aromatic carbocycles. The summed E-state index contributed by atoms with van der Waals surface area (Å²) in [5, 5.41) is 9.24. The average Bonchev–Trinajstić information content (AvgIpc) is 2.38. The lowest BCUT2D eigenvalue weighted by Gasteiger charge is -2.42. The van der Waals surface area contributed by atoms with Gasteiger partial charge in [0, 0.05) is 12.8 Å². The highest BCUT2D eigenvalue weighted by atomic mass is 32.2. The van der Waals surface area contributed by atoms with Crippen molar-refractivity contribution in [3.63, 3.8) is 0 Å². The number of hydrogen-bond donors (Lipinski definition) is 0. The van der Waals surface area contributed by atoms with E-state index in [2.05, 4.69) is 31.2 Å². The minimum Gasteiger partial charge on any atom is -0.326 e. The van der Waals surface area contributed by atoms with E-state index in [4.69, 9.17) is 0 Å². The van der Waals surface area contributed by atoms with Crippen LogP contribution in [-0.4, -0.2) is 29.1 Å². The van der Waals surface area contributed by atoms with E-state index in [0.717, 1.165) is 25.0 Å². The first-order valence-corrected chi connectivity index (χ1v) is 8.04. The molecule has 0 spiro atoms. The molecule has 0 saturated heterocycles. The Hall–Kier alpha value is -1.47. The summed E-state index contributed by atoms with van der Waals surface area (Å²) in [6, 6.07) is 10.6. The number of rotatable bonds is 5. The zero-order valence-electron chi connectivity index (χ0n) is 12.1. The van der Waals surface area contributed by atoms with Crippen LogP contribution < -0.4 is 0 Å². The number of hydrogen-bond acceptors (Lipinski definition) is 3. The molecule has 0 bridgehead atoms. The van der Waals surface area contributed by atoms with Crippen molar-refractivity contribution in [2.24, 2.45) is 0 Å². The summed E-state index contributed by atoms with van der Waals surface area (Å²) >= 11 is 1.61. The maximum Gasteiger partial charge on any atom is 0.233 e. The Kier molecular flexibility index (Phi) is 4.72. The monoisotopic (exact) mass is 288 g/mol. The highest BCUT2D eigenvalue weighted by molar-refractivity contribution is 7.99. The summed E-state index contributed by atoms with van der Waals surface area (Å²) in [6.45, 7) is 2.07. The molecule has 4 heteroatoms. The van der Waals surface area contributed by atoms with Gasteiger partial charge in [0.1, 0.15) is 5.54 Å². The van der Waals surface area contributed by atoms with Gasteiger partial charge in [-0.1, -0.05) is 29.8 Å². The van der Waals surface area contributed by atoms with Crippen LogP contribution >= 0.6 is 11.8 Å². The Morgan fingerprint density at radius 1 is 1.50 bits per heavy atom. The fourth-order valence-corrected chi connectivity index (χ4v) is 3.31. The summed E-state index contributed by atoms with van der Waals surface area (Å²) in [6.07, 6.45) is 2.67. The molecular weight excluding hydrogens is 268 g/mol. The summed E-state index contributed by atoms with van der Waals surface area (Å²) < 4.78 is 0. The predicted octanol–water partition coefficient (Wildman–Crippen LogP) is 3.13. The van der Waals surface area contributed by atoms with E-state index in [0.29, 0.717) is 5.75 Å². The quantitative estimate of drug-likeness (QED) is 0.836. The van der Waals surface area contributed by atoms with Gasteiger partial charge in [0.25, 0.3) is 0 Å². The van der Waals surface area contributed by atoms with Crippen LogP contribution in [0.5, 0.6) is 0 Å². The number of aryl methyl sites for hydroxylation is 1. The molecule has 2 rings (SSSR count). The molecule has 0 heterocycles. The van der Waals surface area contributed by atoms with Gasteiger partial charge in [-0.25, -0.2) is 0 Å². The van der Waals surface area contributed by atoms with Gasteiger partial charge < -0.3 is 4.90 Å². The van der Waals surface area contributed by atoms with E-state index in [1.807, 2.05) is 6.07 Å². The third kappa shape index (κ3) is 3.16. The molecule has 0 aliphatic heterocycles. The molecule has 0 unspecified atom stereocenters. The van der Waals surface area contributed by atoms with Crippen LogP contribution in [0.2, 0.25) is 0 Å². The molecule has 1 aromatic rings. The standard InChI is InChI=1S/C16H20N2OS/c1-13-5-3-6-14(9-13)10-20-11-15(19)18(2)16(12-17)7-4-8-16/h3,5-6,9H,4,7-8,10-11H2,1-2H3. The van der Waals surface area contributed by atoms with Crippen LogP contribution in [0.1, 0.15) is 30.4 Å². The van der Waals surface area contributed by atoms with E-state index in [-0.39, 0.29) is 5.91 Å². The zero-order valence-corrected chi connectivity index (χ0v) is 12.9. The van der Waals surface area contributed by atoms with Crippen molar-refractivity contribution in [2.45, 2.75) is 37.5 Å². The number of benzene rings is 1. The Morgan fingerprint density at radius 3 is 2.80 bits per heavy atom. The predicted molar refractivity (Wildman–Crippen MR) is 82.3 cm³/mol. The minimum atomic E-state index is -0.527. The van der Waals surface area contributed by atoms with Crippen LogP contribution in [-0.2, 0) is 10.5 Å². The fraction of sp³-hybridized carbons (Fsp3) is 0.500. The molecule has 0 N–H and O–H groups in total. The van der Waals surface area contributed by atoms with E-state index in [9.17, 15) is 10.1 Å². The summed E-state index contributed by atoms with van der Waals surface area (Å²) in [5.74, 6) is 1.33. The molecular formula is C16H20N2OS. The molecule has 0 radical (unpaired) electrons. The molecule has 3 nitrogen and oxygen atoms in total. The van der Waals surface area contributed by atoms with Crippen LogP contribution in [0.15, 0.2) is 24.3 Å². The molecule has 1 saturated carbocycles. The number of nitriles is 1. The second-order valence-electron chi connectivity index (χ2n) is 5.43. The minimum absolute atomic E-state index is 0.0592. The van der Waals surface area contributed by atoms with Crippen LogP contribution in [0, 0.1) is 18.3 Å². The van der Waals surface area contributed by atoms with E-state index in [1.165, 1.54) is 11.1 Å². The largest absolute Gasteiger partial charge is 0.326 e. The average molecular weight is 288 g/mol. The molecule has 1 amide bonds. The first kappa shape index (κ1) is 14.9. The topological polar surface area (TPSA) is 44.1 Å². The number of thioether (sulfide) groups is 1. The van der Waals surface area contributed by atoms with Crippen molar-refractivity contribution in [1.29, 1.82) is 5.26 Å². The summed E-state index contributed by atoms with van der Waals surface area (Å²) in [4.78, 5) is 13.8. The lowest BCUT2D eigenvalue weighted by Crippen LogP contribution is -2.53. The SMILES string of the molecule is Cc1cccc(CSCC(=O)N(C)C2(C#N)CCC2)c1. The third-order valence-electron chi connectivity index (χ3n) is 3.98. The van der Waals surface area contributed by atoms with Gasteiger partial charge in [-0.05, 0) is 31.7 Å². The zero-order chi connectivity index (χ0) is 14.6. The molecule has 0 aromatic heterocycles. The van der Waals surface area contributed by atoms with Gasteiger partial charge in [-0.15, -0.1) is 11.8 Å². The fourth-order valence-electron chi connectivity index (χ4n) is 2.43. The number of nitrogens with zero attached hydrogens (tertiary/aromatic N) is 2. The first-order valence-electron chi connectivity index (χ1n) is 6.89. The Morgan fingerprint density at radius 2 is 2.25 bits per heavy atom. The maximum absolute atomic E-state index is 12.2. The van der Waals surface area contributed by atoms with Gasteiger partial charge in [-0.3, -0.25) is 4.79 Å². The third-order valence-corrected chi connectivity index (χ3v) is 4.97. The van der Waals surface area contributed by atoms with Gasteiger partial charge in [0.15, 0.2) is 0 Å². The van der Waals surface area contributed by atoms with Crippen molar-refractivity contribution < 1.29 is 4.79 Å². The Bertz CT molecular complexity index is 532. The molecule has 1 fully saturated rings.